The molecule has 0 aliphatic heterocycles. The second-order valence-corrected chi connectivity index (χ2v) is 2.27. The highest BCUT2D eigenvalue weighted by Gasteiger charge is 2.04. The van der Waals surface area contributed by atoms with Crippen molar-refractivity contribution < 1.29 is 10.2 Å². The van der Waals surface area contributed by atoms with E-state index in [2.05, 4.69) is 5.10 Å². The maximum Gasteiger partial charge on any atom is 0.121 e. The second kappa shape index (κ2) is 3.36. The molecule has 1 aromatic rings. The van der Waals surface area contributed by atoms with Crippen molar-refractivity contribution in [3.63, 3.8) is 0 Å². The smallest absolute Gasteiger partial charge is 0.121 e. The zero-order valence-corrected chi connectivity index (χ0v) is 6.01. The number of aliphatic hydroxyl groups is 2. The van der Waals surface area contributed by atoms with Crippen molar-refractivity contribution in [1.29, 1.82) is 0 Å². The number of aromatic nitrogens is 2. The first kappa shape index (κ1) is 8.03. The molecule has 0 spiro atoms. The van der Waals surface area contributed by atoms with Gasteiger partial charge in [0.1, 0.15) is 5.82 Å². The first-order valence-corrected chi connectivity index (χ1v) is 3.30. The number of hydrogen-bond acceptors (Lipinski definition) is 4. The van der Waals surface area contributed by atoms with Crippen LogP contribution < -0.4 is 5.73 Å². The van der Waals surface area contributed by atoms with Gasteiger partial charge in [-0.1, -0.05) is 0 Å². The quantitative estimate of drug-likeness (QED) is 0.515. The summed E-state index contributed by atoms with van der Waals surface area (Å²) in [6, 6.07) is 1.63. The fourth-order valence-corrected chi connectivity index (χ4v) is 0.753. The van der Waals surface area contributed by atoms with Crippen LogP contribution in [-0.4, -0.2) is 32.7 Å². The molecule has 1 atom stereocenters. The SMILES string of the molecule is Nc1ccnn1CC(O)CO. The number of aliphatic hydroxyl groups excluding tert-OH is 2. The number of nitrogens with zero attached hydrogens (tertiary/aromatic N) is 2. The Hall–Kier alpha value is -1.07. The summed E-state index contributed by atoms with van der Waals surface area (Å²) in [5.41, 5.74) is 5.45. The molecule has 5 heteroatoms. The molecule has 0 aliphatic rings. The van der Waals surface area contributed by atoms with Crippen LogP contribution >= 0.6 is 0 Å². The van der Waals surface area contributed by atoms with Crippen molar-refractivity contribution in [2.24, 2.45) is 0 Å². The summed E-state index contributed by atoms with van der Waals surface area (Å²) < 4.78 is 1.43. The van der Waals surface area contributed by atoms with Crippen LogP contribution in [0.4, 0.5) is 5.82 Å². The van der Waals surface area contributed by atoms with Gasteiger partial charge in [-0.2, -0.15) is 5.10 Å². The Morgan fingerprint density at radius 3 is 2.91 bits per heavy atom. The highest BCUT2D eigenvalue weighted by atomic mass is 16.3. The highest BCUT2D eigenvalue weighted by molar-refractivity contribution is 5.25. The second-order valence-electron chi connectivity index (χ2n) is 2.27. The van der Waals surface area contributed by atoms with E-state index in [0.717, 1.165) is 0 Å². The van der Waals surface area contributed by atoms with E-state index in [-0.39, 0.29) is 13.2 Å². The first-order valence-electron chi connectivity index (χ1n) is 3.30. The molecule has 0 bridgehead atoms. The molecule has 1 rings (SSSR count). The Morgan fingerprint density at radius 2 is 2.45 bits per heavy atom. The van der Waals surface area contributed by atoms with Crippen molar-refractivity contribution in [2.75, 3.05) is 12.3 Å². The minimum atomic E-state index is -0.794. The Balaban J connectivity index is 2.56. The topological polar surface area (TPSA) is 84.3 Å². The summed E-state index contributed by atoms with van der Waals surface area (Å²) in [5.74, 6) is 0.484. The number of hydrogen-bond donors (Lipinski definition) is 3. The lowest BCUT2D eigenvalue weighted by Crippen LogP contribution is -2.21. The van der Waals surface area contributed by atoms with Crippen molar-refractivity contribution in [3.8, 4) is 0 Å². The zero-order valence-electron chi connectivity index (χ0n) is 6.01. The third-order valence-electron chi connectivity index (χ3n) is 1.34. The van der Waals surface area contributed by atoms with Crippen molar-refractivity contribution in [2.45, 2.75) is 12.6 Å². The normalized spacial score (nSPS) is 13.3. The summed E-state index contributed by atoms with van der Waals surface area (Å²) in [6.45, 7) is -0.0470. The molecule has 11 heavy (non-hydrogen) atoms. The van der Waals surface area contributed by atoms with Gasteiger partial charge in [0.25, 0.3) is 0 Å². The van der Waals surface area contributed by atoms with E-state index >= 15 is 0 Å². The molecule has 0 saturated carbocycles. The predicted molar refractivity (Wildman–Crippen MR) is 39.7 cm³/mol. The molecule has 0 aliphatic carbocycles. The number of nitrogen functional groups attached to an aromatic ring is 1. The van der Waals surface area contributed by atoms with Gasteiger partial charge >= 0.3 is 0 Å². The van der Waals surface area contributed by atoms with E-state index in [4.69, 9.17) is 15.9 Å². The molecule has 5 nitrogen and oxygen atoms in total. The van der Waals surface area contributed by atoms with Crippen molar-refractivity contribution in [3.05, 3.63) is 12.3 Å². The van der Waals surface area contributed by atoms with Gasteiger partial charge in [-0.05, 0) is 6.07 Å². The lowest BCUT2D eigenvalue weighted by atomic mass is 10.4. The number of rotatable bonds is 3. The average molecular weight is 157 g/mol. The van der Waals surface area contributed by atoms with Crippen LogP contribution in [0.5, 0.6) is 0 Å². The van der Waals surface area contributed by atoms with E-state index in [1.807, 2.05) is 0 Å². The van der Waals surface area contributed by atoms with E-state index in [1.54, 1.807) is 12.3 Å². The molecule has 1 heterocycles. The minimum absolute atomic E-state index is 0.231. The van der Waals surface area contributed by atoms with Crippen LogP contribution in [0, 0.1) is 0 Å². The maximum atomic E-state index is 8.99. The van der Waals surface area contributed by atoms with Crippen LogP contribution in [0.3, 0.4) is 0 Å². The molecular weight excluding hydrogens is 146 g/mol. The van der Waals surface area contributed by atoms with Gasteiger partial charge in [-0.25, -0.2) is 4.68 Å². The summed E-state index contributed by atoms with van der Waals surface area (Å²) in [4.78, 5) is 0. The van der Waals surface area contributed by atoms with E-state index in [1.165, 1.54) is 4.68 Å². The Labute approximate surface area is 64.1 Å². The van der Waals surface area contributed by atoms with Crippen LogP contribution in [0.25, 0.3) is 0 Å². The summed E-state index contributed by atoms with van der Waals surface area (Å²) in [7, 11) is 0. The molecule has 1 aromatic heterocycles. The van der Waals surface area contributed by atoms with E-state index < -0.39 is 6.10 Å². The molecule has 1 unspecified atom stereocenters. The van der Waals surface area contributed by atoms with Crippen LogP contribution in [-0.2, 0) is 6.54 Å². The van der Waals surface area contributed by atoms with Gasteiger partial charge in [0, 0.05) is 0 Å². The first-order chi connectivity index (χ1) is 5.24. The van der Waals surface area contributed by atoms with Crippen LogP contribution in [0.15, 0.2) is 12.3 Å². The van der Waals surface area contributed by atoms with Gasteiger partial charge in [-0.15, -0.1) is 0 Å². The summed E-state index contributed by atoms with van der Waals surface area (Å²) in [6.07, 6.45) is 0.747. The molecular formula is C6H11N3O2. The standard InChI is InChI=1S/C6H11N3O2/c7-6-1-2-8-9(6)3-5(11)4-10/h1-2,5,10-11H,3-4,7H2. The molecule has 0 fully saturated rings. The zero-order chi connectivity index (χ0) is 8.27. The summed E-state index contributed by atoms with van der Waals surface area (Å²) in [5, 5.41) is 21.3. The summed E-state index contributed by atoms with van der Waals surface area (Å²) >= 11 is 0. The van der Waals surface area contributed by atoms with Crippen LogP contribution in [0.1, 0.15) is 0 Å². The molecule has 0 amide bonds. The third-order valence-corrected chi connectivity index (χ3v) is 1.34. The fourth-order valence-electron chi connectivity index (χ4n) is 0.753. The molecule has 0 radical (unpaired) electrons. The minimum Gasteiger partial charge on any atom is -0.394 e. The fraction of sp³-hybridized carbons (Fsp3) is 0.500. The van der Waals surface area contributed by atoms with Gasteiger partial charge in [0.05, 0.1) is 25.5 Å². The van der Waals surface area contributed by atoms with Crippen molar-refractivity contribution in [1.82, 2.24) is 9.78 Å². The van der Waals surface area contributed by atoms with Gasteiger partial charge < -0.3 is 15.9 Å². The number of nitrogens with two attached hydrogens (primary N) is 1. The van der Waals surface area contributed by atoms with Gasteiger partial charge in [0.15, 0.2) is 0 Å². The molecule has 0 saturated heterocycles. The molecule has 4 N–H and O–H groups in total. The monoisotopic (exact) mass is 157 g/mol. The Morgan fingerprint density at radius 1 is 1.73 bits per heavy atom. The predicted octanol–water partition coefficient (Wildman–Crippen LogP) is -1.18. The largest absolute Gasteiger partial charge is 0.394 e. The Bertz CT molecular complexity index is 223. The Kier molecular flexibility index (Phi) is 2.45. The highest BCUT2D eigenvalue weighted by Crippen LogP contribution is 2.00. The lowest BCUT2D eigenvalue weighted by molar-refractivity contribution is 0.0788. The number of anilines is 1. The maximum absolute atomic E-state index is 8.99. The van der Waals surface area contributed by atoms with E-state index in [0.29, 0.717) is 5.82 Å². The van der Waals surface area contributed by atoms with Crippen LogP contribution in [0.2, 0.25) is 0 Å². The van der Waals surface area contributed by atoms with Gasteiger partial charge in [0.2, 0.25) is 0 Å². The molecule has 0 aromatic carbocycles. The lowest BCUT2D eigenvalue weighted by Gasteiger charge is -2.07. The van der Waals surface area contributed by atoms with Crippen molar-refractivity contribution >= 4 is 5.82 Å². The van der Waals surface area contributed by atoms with Gasteiger partial charge in [-0.3, -0.25) is 0 Å². The third kappa shape index (κ3) is 1.92. The molecule has 62 valence electrons. The average Bonchev–Trinajstić information content (AvgIpc) is 2.37. The van der Waals surface area contributed by atoms with E-state index in [9.17, 15) is 0 Å².